The summed E-state index contributed by atoms with van der Waals surface area (Å²) in [4.78, 5) is 43.0. The second-order valence-corrected chi connectivity index (χ2v) is 4.61. The highest BCUT2D eigenvalue weighted by atomic mass is 16.5. The van der Waals surface area contributed by atoms with Crippen LogP contribution < -0.4 is 21.4 Å². The van der Waals surface area contributed by atoms with Gasteiger partial charge in [0.1, 0.15) is 23.4 Å². The molecule has 3 aromatic rings. The summed E-state index contributed by atoms with van der Waals surface area (Å²) >= 11 is 0. The van der Waals surface area contributed by atoms with Gasteiger partial charge in [-0.3, -0.25) is 19.6 Å². The van der Waals surface area contributed by atoms with Crippen LogP contribution in [0.3, 0.4) is 0 Å². The molecule has 3 rings (SSSR count). The van der Waals surface area contributed by atoms with E-state index in [-0.39, 0.29) is 16.8 Å². The van der Waals surface area contributed by atoms with E-state index in [2.05, 4.69) is 9.98 Å². The fourth-order valence-corrected chi connectivity index (χ4v) is 2.01. The fraction of sp³-hybridized carbons (Fsp3) is 0.0667. The van der Waals surface area contributed by atoms with Gasteiger partial charge in [-0.25, -0.2) is 9.79 Å². The average molecular weight is 313 g/mol. The number of aliphatic imine (C=N–C) groups is 1. The van der Waals surface area contributed by atoms with E-state index in [9.17, 15) is 14.4 Å². The van der Waals surface area contributed by atoms with Gasteiger partial charge in [-0.2, -0.15) is 0 Å². The molecule has 23 heavy (non-hydrogen) atoms. The first-order chi connectivity index (χ1) is 11.1. The van der Waals surface area contributed by atoms with Crippen molar-refractivity contribution in [3.8, 4) is 5.75 Å². The Morgan fingerprint density at radius 2 is 2.00 bits per heavy atom. The van der Waals surface area contributed by atoms with Crippen molar-refractivity contribution in [1.29, 1.82) is 0 Å². The zero-order valence-electron chi connectivity index (χ0n) is 12.0. The minimum atomic E-state index is -0.681. The molecule has 1 aromatic carbocycles. The topological polar surface area (TPSA) is 118 Å². The second-order valence-electron chi connectivity index (χ2n) is 4.61. The smallest absolute Gasteiger partial charge is 0.327 e. The lowest BCUT2D eigenvalue weighted by atomic mass is 10.2. The number of aromatic nitrogens is 2. The molecule has 0 aliphatic rings. The molecule has 2 aromatic heterocycles. The summed E-state index contributed by atoms with van der Waals surface area (Å²) in [6, 6.07) is 5.97. The Bertz CT molecular complexity index is 1050. The lowest BCUT2D eigenvalue weighted by Gasteiger charge is -2.02. The number of hydrogen-bond donors (Lipinski definition) is 2. The van der Waals surface area contributed by atoms with E-state index >= 15 is 0 Å². The molecule has 2 heterocycles. The Hall–Kier alpha value is -3.42. The van der Waals surface area contributed by atoms with Gasteiger partial charge in [0.25, 0.3) is 5.56 Å². The first-order valence-corrected chi connectivity index (χ1v) is 6.54. The van der Waals surface area contributed by atoms with Crippen LogP contribution in [0.1, 0.15) is 5.56 Å². The Morgan fingerprint density at radius 1 is 1.17 bits per heavy atom. The molecular formula is C15H11N3O5. The van der Waals surface area contributed by atoms with Crippen LogP contribution in [0.2, 0.25) is 0 Å². The monoisotopic (exact) mass is 313 g/mol. The maximum absolute atomic E-state index is 12.4. The Balaban J connectivity index is 2.07. The largest absolute Gasteiger partial charge is 0.497 e. The number of methoxy groups -OCH3 is 1. The summed E-state index contributed by atoms with van der Waals surface area (Å²) in [6.07, 6.45) is 2.47. The average Bonchev–Trinajstić information content (AvgIpc) is 2.53. The lowest BCUT2D eigenvalue weighted by Crippen LogP contribution is -2.20. The number of rotatable bonds is 3. The zero-order chi connectivity index (χ0) is 16.4. The summed E-state index contributed by atoms with van der Waals surface area (Å²) in [5, 5.41) is 0.340. The highest BCUT2D eigenvalue weighted by Crippen LogP contribution is 2.18. The van der Waals surface area contributed by atoms with E-state index in [0.717, 1.165) is 6.07 Å². The third kappa shape index (κ3) is 2.95. The van der Waals surface area contributed by atoms with Gasteiger partial charge in [-0.05, 0) is 18.2 Å². The van der Waals surface area contributed by atoms with Crippen LogP contribution in [-0.4, -0.2) is 23.3 Å². The predicted molar refractivity (Wildman–Crippen MR) is 84.0 cm³/mol. The molecule has 0 aliphatic carbocycles. The van der Waals surface area contributed by atoms with E-state index < -0.39 is 11.2 Å². The van der Waals surface area contributed by atoms with Crippen LogP contribution in [0.4, 0.5) is 5.82 Å². The summed E-state index contributed by atoms with van der Waals surface area (Å²) in [7, 11) is 1.50. The molecule has 0 saturated heterocycles. The Labute approximate surface area is 128 Å². The number of H-pyrrole nitrogens is 2. The van der Waals surface area contributed by atoms with Crippen LogP contribution >= 0.6 is 0 Å². The van der Waals surface area contributed by atoms with Crippen molar-refractivity contribution in [2.45, 2.75) is 0 Å². The van der Waals surface area contributed by atoms with Gasteiger partial charge in [0.2, 0.25) is 5.43 Å². The standard InChI is InChI=1S/C15H11N3O5/c1-22-9-2-3-11-10(4-9)14(20)8(7-23-11)6-16-12-5-13(19)18-15(21)17-12/h2-7H,1H3,(H2,17,18,19,21)/b16-6+. The Kier molecular flexibility index (Phi) is 3.63. The molecule has 0 bridgehead atoms. The van der Waals surface area contributed by atoms with Crippen LogP contribution in [0.25, 0.3) is 11.0 Å². The molecule has 0 fully saturated rings. The number of aromatic amines is 2. The lowest BCUT2D eigenvalue weighted by molar-refractivity contribution is 0.415. The van der Waals surface area contributed by atoms with Gasteiger partial charge in [-0.1, -0.05) is 0 Å². The van der Waals surface area contributed by atoms with E-state index in [1.807, 2.05) is 4.98 Å². The molecule has 116 valence electrons. The number of fused-ring (bicyclic) bond motifs is 1. The van der Waals surface area contributed by atoms with Gasteiger partial charge < -0.3 is 9.15 Å². The number of benzene rings is 1. The predicted octanol–water partition coefficient (Wildman–Crippen LogP) is 0.929. The first-order valence-electron chi connectivity index (χ1n) is 6.54. The minimum absolute atomic E-state index is 0.0314. The molecule has 0 amide bonds. The second kappa shape index (κ2) is 5.76. The fourth-order valence-electron chi connectivity index (χ4n) is 2.01. The zero-order valence-corrected chi connectivity index (χ0v) is 12.0. The van der Waals surface area contributed by atoms with Crippen molar-refractivity contribution in [2.24, 2.45) is 4.99 Å². The van der Waals surface area contributed by atoms with Crippen LogP contribution in [0, 0.1) is 0 Å². The van der Waals surface area contributed by atoms with Crippen LogP contribution in [0.15, 0.2) is 54.3 Å². The third-order valence-electron chi connectivity index (χ3n) is 3.10. The van der Waals surface area contributed by atoms with Gasteiger partial charge in [0.15, 0.2) is 0 Å². The molecule has 0 atom stereocenters. The number of nitrogens with zero attached hydrogens (tertiary/aromatic N) is 1. The minimum Gasteiger partial charge on any atom is -0.497 e. The summed E-state index contributed by atoms with van der Waals surface area (Å²) in [5.41, 5.74) is -0.985. The van der Waals surface area contributed by atoms with E-state index in [4.69, 9.17) is 9.15 Å². The van der Waals surface area contributed by atoms with Crippen molar-refractivity contribution >= 4 is 23.0 Å². The van der Waals surface area contributed by atoms with Gasteiger partial charge >= 0.3 is 5.69 Å². The third-order valence-corrected chi connectivity index (χ3v) is 3.10. The maximum Gasteiger partial charge on any atom is 0.327 e. The molecule has 0 aliphatic heterocycles. The maximum atomic E-state index is 12.4. The molecule has 2 N–H and O–H groups in total. The Morgan fingerprint density at radius 3 is 2.74 bits per heavy atom. The first kappa shape index (κ1) is 14.5. The van der Waals surface area contributed by atoms with Crippen molar-refractivity contribution in [3.05, 3.63) is 67.2 Å². The molecule has 0 unspecified atom stereocenters. The van der Waals surface area contributed by atoms with Crippen molar-refractivity contribution < 1.29 is 9.15 Å². The SMILES string of the molecule is COc1ccc2occ(/C=N/c3cc(=O)[nH]c(=O)[nH]3)c(=O)c2c1. The highest BCUT2D eigenvalue weighted by molar-refractivity contribution is 5.87. The van der Waals surface area contributed by atoms with Crippen molar-refractivity contribution in [1.82, 2.24) is 9.97 Å². The number of ether oxygens (including phenoxy) is 1. The highest BCUT2D eigenvalue weighted by Gasteiger charge is 2.07. The summed E-state index contributed by atoms with van der Waals surface area (Å²) in [5.74, 6) is 0.557. The van der Waals surface area contributed by atoms with E-state index in [1.54, 1.807) is 18.2 Å². The normalized spacial score (nSPS) is 11.2. The van der Waals surface area contributed by atoms with Gasteiger partial charge in [-0.15, -0.1) is 0 Å². The van der Waals surface area contributed by atoms with Gasteiger partial charge in [0.05, 0.1) is 18.1 Å². The van der Waals surface area contributed by atoms with E-state index in [0.29, 0.717) is 16.7 Å². The molecule has 0 radical (unpaired) electrons. The van der Waals surface area contributed by atoms with Crippen LogP contribution in [-0.2, 0) is 0 Å². The molecule has 8 heteroatoms. The number of hydrogen-bond acceptors (Lipinski definition) is 6. The molecule has 0 saturated carbocycles. The molecular weight excluding hydrogens is 302 g/mol. The quantitative estimate of drug-likeness (QED) is 0.697. The summed E-state index contributed by atoms with van der Waals surface area (Å²) in [6.45, 7) is 0. The molecule has 8 nitrogen and oxygen atoms in total. The number of nitrogens with one attached hydrogen (secondary N) is 2. The van der Waals surface area contributed by atoms with Crippen molar-refractivity contribution in [3.63, 3.8) is 0 Å². The summed E-state index contributed by atoms with van der Waals surface area (Å²) < 4.78 is 10.5. The van der Waals surface area contributed by atoms with Gasteiger partial charge in [0, 0.05) is 12.3 Å². The molecule has 0 spiro atoms. The van der Waals surface area contributed by atoms with E-state index in [1.165, 1.54) is 19.6 Å². The van der Waals surface area contributed by atoms with Crippen molar-refractivity contribution in [2.75, 3.05) is 7.11 Å². The van der Waals surface area contributed by atoms with Crippen LogP contribution in [0.5, 0.6) is 5.75 Å².